The summed E-state index contributed by atoms with van der Waals surface area (Å²) in [6, 6.07) is 48.0. The minimum absolute atomic E-state index is 0.0655. The van der Waals surface area contributed by atoms with Crippen LogP contribution in [0.5, 0.6) is 0 Å². The Morgan fingerprint density at radius 3 is 1.45 bits per heavy atom. The molecule has 3 aliphatic rings. The Morgan fingerprint density at radius 1 is 0.482 bits per heavy atom. The van der Waals surface area contributed by atoms with Crippen LogP contribution in [-0.2, 0) is 29.2 Å². The Hall–Kier alpha value is -3.52. The van der Waals surface area contributed by atoms with Crippen molar-refractivity contribution in [2.45, 2.75) is 73.5 Å². The molecule has 0 N–H and O–H groups in total. The van der Waals surface area contributed by atoms with Crippen LogP contribution in [0.3, 0.4) is 0 Å². The van der Waals surface area contributed by atoms with Crippen LogP contribution in [0, 0.1) is 0 Å². The molecule has 2 aliphatic carbocycles. The third kappa shape index (κ3) is 5.84. The first-order valence-electron chi connectivity index (χ1n) is 20.9. The van der Waals surface area contributed by atoms with Crippen molar-refractivity contribution in [1.29, 1.82) is 0 Å². The number of hydrogen-bond acceptors (Lipinski definition) is 0. The first-order valence-corrected chi connectivity index (χ1v) is 32.7. The summed E-state index contributed by atoms with van der Waals surface area (Å²) >= 11 is -5.53. The molecule has 2 unspecified atom stereocenters. The van der Waals surface area contributed by atoms with E-state index in [1.54, 1.807) is 0 Å². The molecule has 6 aromatic carbocycles. The molecule has 0 saturated carbocycles. The molecule has 0 saturated heterocycles. The van der Waals surface area contributed by atoms with Crippen molar-refractivity contribution in [2.75, 3.05) is 0 Å². The molecule has 4 heteroatoms. The Labute approximate surface area is 344 Å². The van der Waals surface area contributed by atoms with Crippen molar-refractivity contribution >= 4 is 52.3 Å². The molecule has 0 spiro atoms. The van der Waals surface area contributed by atoms with Crippen LogP contribution in [0.15, 0.2) is 139 Å². The number of halogens is 2. The zero-order valence-electron chi connectivity index (χ0n) is 33.1. The Morgan fingerprint density at radius 2 is 0.929 bits per heavy atom. The molecule has 2 atom stereocenters. The molecule has 281 valence electrons. The normalized spacial score (nSPS) is 17.8. The molecule has 1 aliphatic heterocycles. The Bertz CT molecular complexity index is 2450. The second-order valence-corrected chi connectivity index (χ2v) is 38.7. The van der Waals surface area contributed by atoms with Gasteiger partial charge in [-0.2, -0.15) is 0 Å². The monoisotopic (exact) mass is 863 g/mol. The average molecular weight is 866 g/mol. The summed E-state index contributed by atoms with van der Waals surface area (Å²) in [7, 11) is 17.6. The van der Waals surface area contributed by atoms with Gasteiger partial charge in [-0.25, -0.2) is 0 Å². The number of fused-ring (bicyclic) bond motifs is 5. The van der Waals surface area contributed by atoms with Gasteiger partial charge in [0, 0.05) is 0 Å². The van der Waals surface area contributed by atoms with Crippen LogP contribution in [0.25, 0.3) is 45.5 Å². The van der Waals surface area contributed by atoms with Gasteiger partial charge in [-0.3, -0.25) is 0 Å². The molecular formula is C52H51Cl2SiZr. The van der Waals surface area contributed by atoms with Crippen molar-refractivity contribution in [2.24, 2.45) is 0 Å². The molecule has 0 amide bonds. The number of allylic oxidation sites excluding steroid dienone is 2. The summed E-state index contributed by atoms with van der Waals surface area (Å²) < 4.78 is 1.17. The third-order valence-corrected chi connectivity index (χ3v) is 36.0. The van der Waals surface area contributed by atoms with Gasteiger partial charge in [-0.05, 0) is 0 Å². The maximum atomic E-state index is 9.24. The van der Waals surface area contributed by atoms with E-state index in [9.17, 15) is 17.0 Å². The standard InChI is InChI=1S/2C20H21.C12H9Si.2ClH.Zr/c2*1-3-8-16-9-5-6-11-18(16)19-12-7-10-17-13-15(4-2)14-20(17)19;1-3-7-11-9(5-1)10-6-2-4-8-12(10)13-11;;;/h2*5-7,9-14H,3-4,8H2,1-2H3;1-7H,13H2;2*1H;/q;;;;;+2/p-2. The summed E-state index contributed by atoms with van der Waals surface area (Å²) in [6.45, 7) is 9.19. The minimum atomic E-state index is -5.53. The number of hydrogen-bond donors (Lipinski definition) is 0. The first kappa shape index (κ1) is 38.0. The van der Waals surface area contributed by atoms with Crippen molar-refractivity contribution in [3.05, 3.63) is 172 Å². The topological polar surface area (TPSA) is 0 Å². The zero-order chi connectivity index (χ0) is 38.6. The van der Waals surface area contributed by atoms with Crippen LogP contribution < -0.4 is 13.6 Å². The van der Waals surface area contributed by atoms with E-state index in [4.69, 9.17) is 0 Å². The van der Waals surface area contributed by atoms with Crippen molar-refractivity contribution in [3.8, 4) is 33.4 Å². The predicted octanol–water partition coefficient (Wildman–Crippen LogP) is 12.7. The van der Waals surface area contributed by atoms with E-state index >= 15 is 0 Å². The van der Waals surface area contributed by atoms with E-state index in [1.807, 2.05) is 0 Å². The molecule has 56 heavy (non-hydrogen) atoms. The van der Waals surface area contributed by atoms with Crippen LogP contribution in [0.4, 0.5) is 0 Å². The summed E-state index contributed by atoms with van der Waals surface area (Å²) in [4.78, 5) is 0. The van der Waals surface area contributed by atoms with Crippen LogP contribution in [0.2, 0.25) is 0 Å². The summed E-state index contributed by atoms with van der Waals surface area (Å²) in [5.74, 6) is 0. The van der Waals surface area contributed by atoms with Crippen LogP contribution >= 0.6 is 17.0 Å². The summed E-state index contributed by atoms with van der Waals surface area (Å²) in [6.07, 6.45) is 11.1. The molecule has 6 aromatic rings. The van der Waals surface area contributed by atoms with E-state index in [2.05, 4.69) is 167 Å². The zero-order valence-corrected chi connectivity index (χ0v) is 38.5. The van der Waals surface area contributed by atoms with Gasteiger partial charge >= 0.3 is 348 Å². The quantitative estimate of drug-likeness (QED) is 0.114. The fraction of sp³-hybridized carbons (Fsp3) is 0.231. The molecule has 1 heterocycles. The van der Waals surface area contributed by atoms with E-state index in [-0.39, 0.29) is 7.25 Å². The van der Waals surface area contributed by atoms with Crippen LogP contribution in [0.1, 0.15) is 94.0 Å². The van der Waals surface area contributed by atoms with Crippen molar-refractivity contribution in [1.82, 2.24) is 0 Å². The first-order chi connectivity index (χ1) is 27.3. The number of benzene rings is 6. The SMILES string of the molecule is CCCc1ccccc1-c1cccc2c1C=C(CC)[CH]2[Zr]([Cl])([Cl])([c]1cccc2c1[SiH2]c1ccccc1-2)[CH]1C(CC)=Cc2c(-c3ccccc3CCC)cccc21. The Balaban J connectivity index is 1.34. The van der Waals surface area contributed by atoms with Crippen molar-refractivity contribution in [3.63, 3.8) is 0 Å². The predicted molar refractivity (Wildman–Crippen MR) is 245 cm³/mol. The van der Waals surface area contributed by atoms with E-state index in [0.717, 1.165) is 38.5 Å². The van der Waals surface area contributed by atoms with Crippen LogP contribution in [-0.4, -0.2) is 9.52 Å². The molecule has 0 aromatic heterocycles. The van der Waals surface area contributed by atoms with Gasteiger partial charge in [0.1, 0.15) is 0 Å². The second-order valence-electron chi connectivity index (χ2n) is 16.3. The van der Waals surface area contributed by atoms with E-state index < -0.39 is 25.9 Å². The number of aryl methyl sites for hydroxylation is 2. The van der Waals surface area contributed by atoms with E-state index in [1.165, 1.54) is 91.6 Å². The fourth-order valence-electron chi connectivity index (χ4n) is 10.9. The molecule has 0 radical (unpaired) electrons. The molecule has 9 rings (SSSR count). The number of rotatable bonds is 11. The molecule has 0 bridgehead atoms. The Kier molecular flexibility index (Phi) is 10.2. The van der Waals surface area contributed by atoms with Gasteiger partial charge in [-0.15, -0.1) is 0 Å². The summed E-state index contributed by atoms with van der Waals surface area (Å²) in [5.41, 5.74) is 18.9. The van der Waals surface area contributed by atoms with Crippen molar-refractivity contribution < 1.29 is 16.4 Å². The molecule has 0 nitrogen and oxygen atoms in total. The van der Waals surface area contributed by atoms with Gasteiger partial charge in [-0.1, -0.05) is 0 Å². The van der Waals surface area contributed by atoms with E-state index in [0.29, 0.717) is 0 Å². The van der Waals surface area contributed by atoms with Gasteiger partial charge in [0.05, 0.1) is 0 Å². The molecule has 0 fully saturated rings. The second kappa shape index (κ2) is 15.0. The van der Waals surface area contributed by atoms with Gasteiger partial charge in [0.15, 0.2) is 0 Å². The summed E-state index contributed by atoms with van der Waals surface area (Å²) in [5, 5.41) is 2.98. The molecular weight excluding hydrogens is 815 g/mol. The third-order valence-electron chi connectivity index (χ3n) is 13.2. The average Bonchev–Trinajstić information content (AvgIpc) is 3.94. The fourth-order valence-corrected chi connectivity index (χ4v) is 39.2. The maximum absolute atomic E-state index is 9.24. The van der Waals surface area contributed by atoms with Gasteiger partial charge < -0.3 is 0 Å². The van der Waals surface area contributed by atoms with Gasteiger partial charge in [0.2, 0.25) is 0 Å². The van der Waals surface area contributed by atoms with Gasteiger partial charge in [0.25, 0.3) is 0 Å².